The van der Waals surface area contributed by atoms with E-state index in [9.17, 15) is 0 Å². The second kappa shape index (κ2) is 0.519. The zero-order chi connectivity index (χ0) is 3.94. The summed E-state index contributed by atoms with van der Waals surface area (Å²) in [6.07, 6.45) is 0. The summed E-state index contributed by atoms with van der Waals surface area (Å²) in [4.78, 5) is 0. The molecule has 0 aromatic rings. The third-order valence-corrected chi connectivity index (χ3v) is 28.3. The zero-order valence-corrected chi connectivity index (χ0v) is 6.37. The smallest absolute Gasteiger partial charge is 0.164 e. The van der Waals surface area contributed by atoms with Crippen molar-refractivity contribution in [3.63, 3.8) is 0 Å². The molecule has 0 radical (unpaired) electrons. The van der Waals surface area contributed by atoms with Gasteiger partial charge in [-0.3, -0.25) is 5.16 Å². The first-order valence-corrected chi connectivity index (χ1v) is 8.75. The van der Waals surface area contributed by atoms with E-state index in [0.717, 1.165) is 4.38 Å². The lowest BCUT2D eigenvalue weighted by Gasteiger charge is -1.57. The molecule has 1 spiro atoms. The molecule has 3 heterocycles. The maximum atomic E-state index is 7.29. The van der Waals surface area contributed by atoms with Crippen molar-refractivity contribution < 1.29 is 0 Å². The van der Waals surface area contributed by atoms with Gasteiger partial charge in [-0.1, -0.05) is 0 Å². The standard InChI is InChI=1S/CHNP4/c2-4-1-3-5(1)6(1)4/h2H. The van der Waals surface area contributed by atoms with Gasteiger partial charge in [0.15, 0.2) is 4.38 Å². The van der Waals surface area contributed by atoms with E-state index in [1.807, 2.05) is 0 Å². The van der Waals surface area contributed by atoms with E-state index in [0.29, 0.717) is 13.0 Å². The summed E-state index contributed by atoms with van der Waals surface area (Å²) in [7, 11) is 1.73. The highest BCUT2D eigenvalue weighted by molar-refractivity contribution is 8.72. The third kappa shape index (κ3) is 0.118. The molecule has 6 heavy (non-hydrogen) atoms. The Morgan fingerprint density at radius 3 is 2.33 bits per heavy atom. The van der Waals surface area contributed by atoms with Gasteiger partial charge in [0.2, 0.25) is 0 Å². The monoisotopic (exact) mass is 151 g/mol. The van der Waals surface area contributed by atoms with E-state index in [1.54, 1.807) is 7.87 Å². The van der Waals surface area contributed by atoms with Crippen LogP contribution < -0.4 is 0 Å². The average molecular weight is 151 g/mol. The molecule has 0 saturated heterocycles. The van der Waals surface area contributed by atoms with Crippen LogP contribution in [0.3, 0.4) is 0 Å². The number of hydrogen-bond donors (Lipinski definition) is 1. The van der Waals surface area contributed by atoms with E-state index in [4.69, 9.17) is 5.16 Å². The van der Waals surface area contributed by atoms with Crippen LogP contribution in [0.2, 0.25) is 0 Å². The van der Waals surface area contributed by atoms with Crippen LogP contribution in [0.25, 0.3) is 0 Å². The molecule has 0 amide bonds. The maximum Gasteiger partial charge on any atom is 0.164 e. The lowest BCUT2D eigenvalue weighted by atomic mass is 11.8. The number of nitrogens with one attached hydrogen (secondary N) is 1. The molecule has 4 atom stereocenters. The Balaban J connectivity index is 3.28. The number of rotatable bonds is 0. The second-order valence-electron chi connectivity index (χ2n) is 1.59. The summed E-state index contributed by atoms with van der Waals surface area (Å²) >= 11 is 0. The molecule has 4 unspecified atom stereocenters. The Labute approximate surface area is 38.1 Å². The van der Waals surface area contributed by atoms with Crippen LogP contribution in [-0.4, -0.2) is 4.38 Å². The zero-order valence-electron chi connectivity index (χ0n) is 2.79. The van der Waals surface area contributed by atoms with Gasteiger partial charge in [-0.2, -0.15) is 0 Å². The molecular weight excluding hydrogens is 150 g/mol. The Kier molecular flexibility index (Phi) is 0.269. The highest BCUT2D eigenvalue weighted by Gasteiger charge is 2.70. The van der Waals surface area contributed by atoms with E-state index >= 15 is 0 Å². The van der Waals surface area contributed by atoms with Gasteiger partial charge in [0.1, 0.15) is 0 Å². The molecule has 0 fully saturated rings. The van der Waals surface area contributed by atoms with Gasteiger partial charge in [-0.05, 0) is 20.9 Å². The first-order valence-electron chi connectivity index (χ1n) is 1.72. The molecule has 3 aliphatic rings. The first kappa shape index (κ1) is 3.11. The lowest BCUT2D eigenvalue weighted by molar-refractivity contribution is 1.63. The van der Waals surface area contributed by atoms with Crippen molar-refractivity contribution in [1.82, 2.24) is 0 Å². The van der Waals surface area contributed by atoms with Gasteiger partial charge >= 0.3 is 0 Å². The van der Waals surface area contributed by atoms with Crippen LogP contribution in [0.5, 0.6) is 0 Å². The van der Waals surface area contributed by atoms with Gasteiger partial charge in [0.25, 0.3) is 0 Å². The molecule has 0 aliphatic carbocycles. The summed E-state index contributed by atoms with van der Waals surface area (Å²) in [6.45, 7) is 1.18. The van der Waals surface area contributed by atoms with Gasteiger partial charge in [0, 0.05) is 7.00 Å². The molecule has 0 saturated carbocycles. The largest absolute Gasteiger partial charge is 0.282 e. The van der Waals surface area contributed by atoms with E-state index < -0.39 is 0 Å². The van der Waals surface area contributed by atoms with Crippen molar-refractivity contribution in [1.29, 1.82) is 5.16 Å². The molecule has 1 nitrogen and oxygen atoms in total. The topological polar surface area (TPSA) is 23.9 Å². The molecule has 1 N–H and O–H groups in total. The van der Waals surface area contributed by atoms with Crippen molar-refractivity contribution in [3.8, 4) is 0 Å². The van der Waals surface area contributed by atoms with Gasteiger partial charge in [-0.25, -0.2) is 0 Å². The molecule has 3 aliphatic heterocycles. The van der Waals surface area contributed by atoms with E-state index in [2.05, 4.69) is 0 Å². The molecule has 30 valence electrons. The van der Waals surface area contributed by atoms with Crippen LogP contribution in [0, 0.1) is 5.16 Å². The Hall–Kier alpha value is 1.00. The van der Waals surface area contributed by atoms with E-state index in [-0.39, 0.29) is 7.00 Å². The highest BCUT2D eigenvalue weighted by Crippen LogP contribution is 3.18. The minimum absolute atomic E-state index is 0.0111. The van der Waals surface area contributed by atoms with E-state index in [1.165, 1.54) is 0 Å². The molecule has 5 heteroatoms. The summed E-state index contributed by atoms with van der Waals surface area (Å²) in [6, 6.07) is 0. The fourth-order valence-electron chi connectivity index (χ4n) is 0.702. The number of hydrogen-bond acceptors (Lipinski definition) is 1. The van der Waals surface area contributed by atoms with Crippen LogP contribution in [0.1, 0.15) is 0 Å². The summed E-state index contributed by atoms with van der Waals surface area (Å²) in [5, 5.41) is 7.29. The van der Waals surface area contributed by atoms with Gasteiger partial charge < -0.3 is 0 Å². The second-order valence-corrected chi connectivity index (χ2v) is 16.9. The summed E-state index contributed by atoms with van der Waals surface area (Å²) < 4.78 is 0.875. The highest BCUT2D eigenvalue weighted by atomic mass is 32.3. The fraction of sp³-hybridized carbons (Fsp3) is 1.00. The summed E-state index contributed by atoms with van der Waals surface area (Å²) in [5.41, 5.74) is 0. The minimum Gasteiger partial charge on any atom is -0.282 e. The van der Waals surface area contributed by atoms with Gasteiger partial charge in [0.05, 0.1) is 0 Å². The van der Waals surface area contributed by atoms with Crippen molar-refractivity contribution in [2.75, 3.05) is 0 Å². The summed E-state index contributed by atoms with van der Waals surface area (Å²) in [5.74, 6) is 0. The first-order chi connectivity index (χ1) is 2.87. The molecule has 0 aromatic heterocycles. The molecular formula is CHNP4. The molecule has 3 rings (SSSR count). The fourth-order valence-corrected chi connectivity index (χ4v) is 35.2. The molecule has 0 aromatic carbocycles. The maximum absolute atomic E-state index is 7.29. The van der Waals surface area contributed by atoms with Crippen LogP contribution in [0.15, 0.2) is 0 Å². The van der Waals surface area contributed by atoms with Gasteiger partial charge in [-0.15, -0.1) is 0 Å². The SMILES string of the molecule is N=P1=P2=P3=PC132. The van der Waals surface area contributed by atoms with Crippen molar-refractivity contribution >= 4 is 27.9 Å². The van der Waals surface area contributed by atoms with Crippen LogP contribution in [0.4, 0.5) is 0 Å². The Morgan fingerprint density at radius 1 is 1.67 bits per heavy atom. The van der Waals surface area contributed by atoms with Crippen molar-refractivity contribution in [2.24, 2.45) is 0 Å². The lowest BCUT2D eigenvalue weighted by Crippen LogP contribution is -1.46. The Morgan fingerprint density at radius 2 is 2.33 bits per heavy atom. The third-order valence-electron chi connectivity index (χ3n) is 1.30. The van der Waals surface area contributed by atoms with Crippen molar-refractivity contribution in [2.45, 2.75) is 4.38 Å². The predicted molar refractivity (Wildman–Crippen MR) is 33.1 cm³/mol. The van der Waals surface area contributed by atoms with Crippen LogP contribution >= 0.6 is 27.9 Å². The quantitative estimate of drug-likeness (QED) is 0.512. The van der Waals surface area contributed by atoms with Crippen LogP contribution in [-0.2, 0) is 0 Å². The Bertz CT molecular complexity index is 328. The predicted octanol–water partition coefficient (Wildman–Crippen LogP) is 3.54. The molecule has 0 bridgehead atoms. The minimum atomic E-state index is -0.0111. The van der Waals surface area contributed by atoms with Crippen molar-refractivity contribution in [3.05, 3.63) is 0 Å². The average Bonchev–Trinajstić information content (AvgIpc) is 2.13. The normalized spacial score (nSPS) is 73.7.